The lowest BCUT2D eigenvalue weighted by atomic mass is 9.98. The van der Waals surface area contributed by atoms with E-state index in [1.807, 2.05) is 11.3 Å². The molecule has 1 nitrogen and oxygen atoms in total. The molecule has 0 radical (unpaired) electrons. The zero-order valence-corrected chi connectivity index (χ0v) is 11.4. The van der Waals surface area contributed by atoms with E-state index >= 15 is 0 Å². The Morgan fingerprint density at radius 3 is 2.88 bits per heavy atom. The summed E-state index contributed by atoms with van der Waals surface area (Å²) in [5, 5.41) is 5.90. The molecule has 1 aliphatic carbocycles. The predicted molar refractivity (Wildman–Crippen MR) is 72.0 cm³/mol. The number of thiophene rings is 1. The summed E-state index contributed by atoms with van der Waals surface area (Å²) in [6.45, 7) is 8.10. The second-order valence-corrected chi connectivity index (χ2v) is 6.21. The minimum absolute atomic E-state index is 0.521. The van der Waals surface area contributed by atoms with Crippen LogP contribution in [0.2, 0.25) is 0 Å². The van der Waals surface area contributed by atoms with Gasteiger partial charge in [0.15, 0.2) is 0 Å². The van der Waals surface area contributed by atoms with Gasteiger partial charge in [0.25, 0.3) is 0 Å². The molecule has 1 aliphatic rings. The minimum atomic E-state index is 0.521. The quantitative estimate of drug-likeness (QED) is 0.829. The van der Waals surface area contributed by atoms with Crippen molar-refractivity contribution in [3.05, 3.63) is 21.9 Å². The van der Waals surface area contributed by atoms with Crippen molar-refractivity contribution in [3.8, 4) is 0 Å². The molecule has 0 aliphatic heterocycles. The van der Waals surface area contributed by atoms with Gasteiger partial charge >= 0.3 is 0 Å². The van der Waals surface area contributed by atoms with Crippen molar-refractivity contribution >= 4 is 11.3 Å². The van der Waals surface area contributed by atoms with Gasteiger partial charge in [-0.3, -0.25) is 0 Å². The van der Waals surface area contributed by atoms with E-state index in [1.54, 1.807) is 0 Å². The molecular formula is C14H23NS. The second-order valence-electron chi connectivity index (χ2n) is 5.27. The number of rotatable bonds is 4. The maximum atomic E-state index is 3.71. The summed E-state index contributed by atoms with van der Waals surface area (Å²) in [6.07, 6.45) is 4.28. The third kappa shape index (κ3) is 2.67. The fraction of sp³-hybridized carbons (Fsp3) is 0.714. The van der Waals surface area contributed by atoms with Gasteiger partial charge in [0.2, 0.25) is 0 Å². The molecule has 0 bridgehead atoms. The first-order chi connectivity index (χ1) is 7.68. The van der Waals surface area contributed by atoms with E-state index in [1.165, 1.54) is 36.2 Å². The van der Waals surface area contributed by atoms with Crippen LogP contribution in [0.15, 0.2) is 11.4 Å². The SMILES string of the molecule is Cc1ccsc1C(C)NCC1CCCC1C. The summed E-state index contributed by atoms with van der Waals surface area (Å²) in [4.78, 5) is 1.51. The van der Waals surface area contributed by atoms with Crippen molar-refractivity contribution in [3.63, 3.8) is 0 Å². The van der Waals surface area contributed by atoms with E-state index in [0.29, 0.717) is 6.04 Å². The fourth-order valence-electron chi connectivity index (χ4n) is 2.77. The van der Waals surface area contributed by atoms with Crippen LogP contribution in [0.4, 0.5) is 0 Å². The summed E-state index contributed by atoms with van der Waals surface area (Å²) in [5.74, 6) is 1.83. The molecule has 2 heteroatoms. The van der Waals surface area contributed by atoms with Gasteiger partial charge in [-0.1, -0.05) is 19.8 Å². The van der Waals surface area contributed by atoms with Crippen LogP contribution >= 0.6 is 11.3 Å². The Hall–Kier alpha value is -0.340. The first kappa shape index (κ1) is 12.1. The zero-order chi connectivity index (χ0) is 11.5. The Kier molecular flexibility index (Phi) is 4.04. The van der Waals surface area contributed by atoms with Crippen LogP contribution < -0.4 is 5.32 Å². The molecule has 0 saturated heterocycles. The highest BCUT2D eigenvalue weighted by molar-refractivity contribution is 7.10. The van der Waals surface area contributed by atoms with E-state index in [0.717, 1.165) is 11.8 Å². The van der Waals surface area contributed by atoms with Gasteiger partial charge in [0, 0.05) is 10.9 Å². The van der Waals surface area contributed by atoms with Crippen molar-refractivity contribution in [2.24, 2.45) is 11.8 Å². The number of aryl methyl sites for hydroxylation is 1. The molecule has 1 aromatic heterocycles. The molecule has 0 aromatic carbocycles. The van der Waals surface area contributed by atoms with E-state index in [-0.39, 0.29) is 0 Å². The maximum Gasteiger partial charge on any atom is 0.0388 e. The Morgan fingerprint density at radius 2 is 2.31 bits per heavy atom. The number of nitrogens with one attached hydrogen (secondary N) is 1. The Balaban J connectivity index is 1.84. The normalized spacial score (nSPS) is 27.2. The standard InChI is InChI=1S/C14H23NS/c1-10-5-4-6-13(10)9-15-12(3)14-11(2)7-8-16-14/h7-8,10,12-13,15H,4-6,9H2,1-3H3. The average Bonchev–Trinajstić information content (AvgIpc) is 2.84. The molecule has 3 atom stereocenters. The summed E-state index contributed by atoms with van der Waals surface area (Å²) in [6, 6.07) is 2.74. The molecule has 16 heavy (non-hydrogen) atoms. The van der Waals surface area contributed by atoms with Crippen molar-refractivity contribution in [2.45, 2.75) is 46.1 Å². The van der Waals surface area contributed by atoms with Gasteiger partial charge in [-0.2, -0.15) is 0 Å². The Morgan fingerprint density at radius 1 is 1.50 bits per heavy atom. The topological polar surface area (TPSA) is 12.0 Å². The van der Waals surface area contributed by atoms with Crippen LogP contribution in [-0.4, -0.2) is 6.54 Å². The number of hydrogen-bond acceptors (Lipinski definition) is 2. The molecule has 2 rings (SSSR count). The van der Waals surface area contributed by atoms with Crippen LogP contribution in [0.3, 0.4) is 0 Å². The zero-order valence-electron chi connectivity index (χ0n) is 10.6. The van der Waals surface area contributed by atoms with Crippen LogP contribution in [-0.2, 0) is 0 Å². The molecular weight excluding hydrogens is 214 g/mol. The molecule has 1 fully saturated rings. The molecule has 0 spiro atoms. The number of hydrogen-bond donors (Lipinski definition) is 1. The van der Waals surface area contributed by atoms with Gasteiger partial charge in [-0.25, -0.2) is 0 Å². The highest BCUT2D eigenvalue weighted by Gasteiger charge is 2.23. The van der Waals surface area contributed by atoms with Gasteiger partial charge in [0.05, 0.1) is 0 Å². The third-order valence-corrected chi connectivity index (χ3v) is 5.22. The Labute approximate surface area is 103 Å². The lowest BCUT2D eigenvalue weighted by Gasteiger charge is -2.20. The summed E-state index contributed by atoms with van der Waals surface area (Å²) in [5.41, 5.74) is 1.43. The van der Waals surface area contributed by atoms with Gasteiger partial charge in [-0.15, -0.1) is 11.3 Å². The van der Waals surface area contributed by atoms with Crippen LogP contribution in [0.25, 0.3) is 0 Å². The highest BCUT2D eigenvalue weighted by Crippen LogP contribution is 2.31. The van der Waals surface area contributed by atoms with Crippen LogP contribution in [0.5, 0.6) is 0 Å². The third-order valence-electron chi connectivity index (χ3n) is 4.02. The second kappa shape index (κ2) is 5.33. The summed E-state index contributed by atoms with van der Waals surface area (Å²) in [7, 11) is 0. The summed E-state index contributed by atoms with van der Waals surface area (Å²) >= 11 is 1.88. The molecule has 1 N–H and O–H groups in total. The van der Waals surface area contributed by atoms with E-state index in [2.05, 4.69) is 37.5 Å². The van der Waals surface area contributed by atoms with Gasteiger partial charge < -0.3 is 5.32 Å². The largest absolute Gasteiger partial charge is 0.309 e. The van der Waals surface area contributed by atoms with E-state index in [9.17, 15) is 0 Å². The van der Waals surface area contributed by atoms with Crippen LogP contribution in [0.1, 0.15) is 49.6 Å². The van der Waals surface area contributed by atoms with E-state index < -0.39 is 0 Å². The molecule has 90 valence electrons. The molecule has 0 amide bonds. The lowest BCUT2D eigenvalue weighted by molar-refractivity contribution is 0.376. The highest BCUT2D eigenvalue weighted by atomic mass is 32.1. The van der Waals surface area contributed by atoms with Gasteiger partial charge in [0.1, 0.15) is 0 Å². The van der Waals surface area contributed by atoms with Crippen molar-refractivity contribution in [2.75, 3.05) is 6.54 Å². The van der Waals surface area contributed by atoms with Crippen molar-refractivity contribution < 1.29 is 0 Å². The Bertz CT molecular complexity index is 331. The molecule has 3 unspecified atom stereocenters. The molecule has 1 heterocycles. The maximum absolute atomic E-state index is 3.71. The van der Waals surface area contributed by atoms with Gasteiger partial charge in [-0.05, 0) is 55.7 Å². The minimum Gasteiger partial charge on any atom is -0.309 e. The average molecular weight is 237 g/mol. The van der Waals surface area contributed by atoms with Crippen LogP contribution in [0, 0.1) is 18.8 Å². The smallest absolute Gasteiger partial charge is 0.0388 e. The lowest BCUT2D eigenvalue weighted by Crippen LogP contribution is -2.26. The monoisotopic (exact) mass is 237 g/mol. The first-order valence-corrected chi connectivity index (χ1v) is 7.34. The fourth-order valence-corrected chi connectivity index (χ4v) is 3.73. The predicted octanol–water partition coefficient (Wildman–Crippen LogP) is 4.14. The first-order valence-electron chi connectivity index (χ1n) is 6.46. The van der Waals surface area contributed by atoms with E-state index in [4.69, 9.17) is 0 Å². The molecule has 1 aromatic rings. The summed E-state index contributed by atoms with van der Waals surface area (Å²) < 4.78 is 0. The van der Waals surface area contributed by atoms with Crippen molar-refractivity contribution in [1.82, 2.24) is 5.32 Å². The van der Waals surface area contributed by atoms with Crippen molar-refractivity contribution in [1.29, 1.82) is 0 Å². The molecule has 1 saturated carbocycles.